The van der Waals surface area contributed by atoms with Gasteiger partial charge in [0.25, 0.3) is 0 Å². The fourth-order valence-corrected chi connectivity index (χ4v) is 1.11. The third-order valence-electron chi connectivity index (χ3n) is 1.56. The lowest BCUT2D eigenvalue weighted by Crippen LogP contribution is -2.30. The summed E-state index contributed by atoms with van der Waals surface area (Å²) in [5.74, 6) is 0. The van der Waals surface area contributed by atoms with E-state index in [9.17, 15) is 0 Å². The SMILES string of the molecule is CCOC(=S)[C@@H](N)CCCCN. The summed E-state index contributed by atoms with van der Waals surface area (Å²) in [7, 11) is 0. The van der Waals surface area contributed by atoms with Crippen molar-refractivity contribution in [3.63, 3.8) is 0 Å². The van der Waals surface area contributed by atoms with Gasteiger partial charge in [0.1, 0.15) is 0 Å². The normalized spacial score (nSPS) is 12.6. The first-order valence-electron chi connectivity index (χ1n) is 4.34. The van der Waals surface area contributed by atoms with E-state index in [4.69, 9.17) is 28.4 Å². The average Bonchev–Trinajstić information content (AvgIpc) is 2.05. The van der Waals surface area contributed by atoms with Crippen molar-refractivity contribution in [2.75, 3.05) is 13.2 Å². The van der Waals surface area contributed by atoms with E-state index in [1.54, 1.807) is 0 Å². The van der Waals surface area contributed by atoms with E-state index in [2.05, 4.69) is 0 Å². The quantitative estimate of drug-likeness (QED) is 0.480. The molecule has 0 radical (unpaired) electrons. The molecule has 1 atom stereocenters. The van der Waals surface area contributed by atoms with Gasteiger partial charge >= 0.3 is 0 Å². The molecule has 0 saturated heterocycles. The summed E-state index contributed by atoms with van der Waals surface area (Å²) in [4.78, 5) is 0. The average molecular weight is 190 g/mol. The van der Waals surface area contributed by atoms with Gasteiger partial charge in [0, 0.05) is 0 Å². The molecule has 0 unspecified atom stereocenters. The van der Waals surface area contributed by atoms with Crippen molar-refractivity contribution in [2.24, 2.45) is 11.5 Å². The molecule has 12 heavy (non-hydrogen) atoms. The molecule has 0 aromatic carbocycles. The topological polar surface area (TPSA) is 61.3 Å². The second-order valence-corrected chi connectivity index (χ2v) is 3.05. The second-order valence-electron chi connectivity index (χ2n) is 2.64. The standard InChI is InChI=1S/C8H18N2OS/c1-2-11-8(12)7(10)5-3-4-6-9/h7H,2-6,9-10H2,1H3/t7-/m0/s1. The van der Waals surface area contributed by atoms with Gasteiger partial charge in [-0.1, -0.05) is 6.42 Å². The van der Waals surface area contributed by atoms with Crippen LogP contribution in [0.4, 0.5) is 0 Å². The fourth-order valence-electron chi connectivity index (χ4n) is 0.876. The number of rotatable bonds is 6. The Balaban J connectivity index is 3.42. The summed E-state index contributed by atoms with van der Waals surface area (Å²) in [5, 5.41) is 0.523. The van der Waals surface area contributed by atoms with Gasteiger partial charge in [-0.2, -0.15) is 0 Å². The summed E-state index contributed by atoms with van der Waals surface area (Å²) in [6.07, 6.45) is 2.89. The van der Waals surface area contributed by atoms with E-state index >= 15 is 0 Å². The number of hydrogen-bond acceptors (Lipinski definition) is 4. The largest absolute Gasteiger partial charge is 0.486 e. The first kappa shape index (κ1) is 11.8. The van der Waals surface area contributed by atoms with Crippen LogP contribution in [0, 0.1) is 0 Å². The van der Waals surface area contributed by atoms with Gasteiger partial charge in [0.15, 0.2) is 5.05 Å². The summed E-state index contributed by atoms with van der Waals surface area (Å²) >= 11 is 4.95. The van der Waals surface area contributed by atoms with E-state index in [0.29, 0.717) is 18.2 Å². The van der Waals surface area contributed by atoms with E-state index in [-0.39, 0.29) is 6.04 Å². The van der Waals surface area contributed by atoms with Crippen LogP contribution in [0.1, 0.15) is 26.2 Å². The molecule has 0 aromatic heterocycles. The third kappa shape index (κ3) is 5.46. The predicted octanol–water partition coefficient (Wildman–Crippen LogP) is 0.807. The zero-order valence-electron chi connectivity index (χ0n) is 7.58. The van der Waals surface area contributed by atoms with E-state index in [1.165, 1.54) is 0 Å². The van der Waals surface area contributed by atoms with Crippen LogP contribution in [0.3, 0.4) is 0 Å². The number of unbranched alkanes of at least 4 members (excludes halogenated alkanes) is 1. The minimum absolute atomic E-state index is 0.105. The highest BCUT2D eigenvalue weighted by Crippen LogP contribution is 2.01. The Morgan fingerprint density at radius 1 is 1.50 bits per heavy atom. The molecule has 0 saturated carbocycles. The van der Waals surface area contributed by atoms with Gasteiger partial charge in [0.2, 0.25) is 0 Å². The van der Waals surface area contributed by atoms with Crippen LogP contribution in [0.25, 0.3) is 0 Å². The molecule has 0 amide bonds. The highest BCUT2D eigenvalue weighted by molar-refractivity contribution is 7.80. The molecule has 3 nitrogen and oxygen atoms in total. The minimum atomic E-state index is -0.105. The molecule has 4 N–H and O–H groups in total. The minimum Gasteiger partial charge on any atom is -0.486 e. The number of ether oxygens (including phenoxy) is 1. The van der Waals surface area contributed by atoms with Crippen LogP contribution in [0.15, 0.2) is 0 Å². The van der Waals surface area contributed by atoms with Gasteiger partial charge < -0.3 is 16.2 Å². The van der Waals surface area contributed by atoms with Gasteiger partial charge in [-0.15, -0.1) is 0 Å². The number of nitrogens with two attached hydrogens (primary N) is 2. The van der Waals surface area contributed by atoms with Crippen molar-refractivity contribution in [3.8, 4) is 0 Å². The maximum Gasteiger partial charge on any atom is 0.176 e. The Labute approximate surface area is 79.4 Å². The zero-order chi connectivity index (χ0) is 9.40. The van der Waals surface area contributed by atoms with E-state index in [0.717, 1.165) is 19.3 Å². The molecule has 0 fully saturated rings. The Kier molecular flexibility index (Phi) is 7.34. The summed E-state index contributed by atoms with van der Waals surface area (Å²) in [6.45, 7) is 3.22. The van der Waals surface area contributed by atoms with Crippen molar-refractivity contribution < 1.29 is 4.74 Å². The first-order valence-corrected chi connectivity index (χ1v) is 4.75. The molecular formula is C8H18N2OS. The van der Waals surface area contributed by atoms with E-state index < -0.39 is 0 Å². The Morgan fingerprint density at radius 3 is 2.67 bits per heavy atom. The number of hydrogen-bond donors (Lipinski definition) is 2. The van der Waals surface area contributed by atoms with Crippen molar-refractivity contribution >= 4 is 17.3 Å². The fraction of sp³-hybridized carbons (Fsp3) is 0.875. The molecular weight excluding hydrogens is 172 g/mol. The molecule has 0 heterocycles. The maximum absolute atomic E-state index is 5.74. The van der Waals surface area contributed by atoms with Crippen molar-refractivity contribution in [1.29, 1.82) is 0 Å². The van der Waals surface area contributed by atoms with Gasteiger partial charge in [-0.3, -0.25) is 0 Å². The molecule has 0 aromatic rings. The van der Waals surface area contributed by atoms with Crippen LogP contribution in [-0.4, -0.2) is 24.2 Å². The summed E-state index contributed by atoms with van der Waals surface area (Å²) in [6, 6.07) is -0.105. The van der Waals surface area contributed by atoms with Crippen molar-refractivity contribution in [2.45, 2.75) is 32.2 Å². The highest BCUT2D eigenvalue weighted by Gasteiger charge is 2.08. The molecule has 72 valence electrons. The number of thiocarbonyl (C=S) groups is 1. The molecule has 0 bridgehead atoms. The summed E-state index contributed by atoms with van der Waals surface area (Å²) in [5.41, 5.74) is 11.1. The van der Waals surface area contributed by atoms with Gasteiger partial charge in [-0.05, 0) is 38.5 Å². The lowest BCUT2D eigenvalue weighted by atomic mass is 10.1. The highest BCUT2D eigenvalue weighted by atomic mass is 32.1. The van der Waals surface area contributed by atoms with Crippen LogP contribution in [0.2, 0.25) is 0 Å². The van der Waals surface area contributed by atoms with Crippen molar-refractivity contribution in [3.05, 3.63) is 0 Å². The smallest absolute Gasteiger partial charge is 0.176 e. The Hall–Kier alpha value is -0.190. The monoisotopic (exact) mass is 190 g/mol. The Bertz CT molecular complexity index is 130. The lowest BCUT2D eigenvalue weighted by molar-refractivity contribution is 0.318. The van der Waals surface area contributed by atoms with Crippen LogP contribution in [0.5, 0.6) is 0 Å². The van der Waals surface area contributed by atoms with E-state index in [1.807, 2.05) is 6.92 Å². The molecule has 0 aliphatic rings. The molecule has 0 rings (SSSR count). The molecule has 0 aliphatic heterocycles. The third-order valence-corrected chi connectivity index (χ3v) is 1.98. The molecule has 0 spiro atoms. The molecule has 4 heteroatoms. The zero-order valence-corrected chi connectivity index (χ0v) is 8.40. The predicted molar refractivity (Wildman–Crippen MR) is 55.1 cm³/mol. The first-order chi connectivity index (χ1) is 5.72. The van der Waals surface area contributed by atoms with Crippen molar-refractivity contribution in [1.82, 2.24) is 0 Å². The Morgan fingerprint density at radius 2 is 2.17 bits per heavy atom. The van der Waals surface area contributed by atoms with Gasteiger partial charge in [-0.25, -0.2) is 0 Å². The van der Waals surface area contributed by atoms with Crippen LogP contribution >= 0.6 is 12.2 Å². The summed E-state index contributed by atoms with van der Waals surface area (Å²) < 4.78 is 5.11. The van der Waals surface area contributed by atoms with Crippen LogP contribution in [-0.2, 0) is 4.74 Å². The molecule has 0 aliphatic carbocycles. The second kappa shape index (κ2) is 7.46. The maximum atomic E-state index is 5.74. The lowest BCUT2D eigenvalue weighted by Gasteiger charge is -2.12. The van der Waals surface area contributed by atoms with Crippen LogP contribution < -0.4 is 11.5 Å². The van der Waals surface area contributed by atoms with Gasteiger partial charge in [0.05, 0.1) is 12.6 Å².